The van der Waals surface area contributed by atoms with Gasteiger partial charge < -0.3 is 31.1 Å². The Bertz CT molecular complexity index is 1760. The topological polar surface area (TPSA) is 119 Å². The molecule has 0 radical (unpaired) electrons. The smallest absolute Gasteiger partial charge is 0.423 e. The molecule has 0 aliphatic carbocycles. The summed E-state index contributed by atoms with van der Waals surface area (Å²) in [5.41, 5.74) is 10.5. The quantitative estimate of drug-likeness (QED) is 0.0889. The second-order valence-corrected chi connectivity index (χ2v) is 10.3. The summed E-state index contributed by atoms with van der Waals surface area (Å²) in [5, 5.41) is 45.2. The Morgan fingerprint density at radius 1 is 0.535 bits per heavy atom. The molecule has 43 heavy (non-hydrogen) atoms. The minimum atomic E-state index is -1.45. The Kier molecular flexibility index (Phi) is 11.8. The predicted molar refractivity (Wildman–Crippen MR) is 185 cm³/mol. The summed E-state index contributed by atoms with van der Waals surface area (Å²) < 4.78 is 0. The van der Waals surface area contributed by atoms with Crippen LogP contribution in [-0.4, -0.2) is 34.3 Å². The molecule has 6 nitrogen and oxygen atoms in total. The zero-order valence-electron chi connectivity index (χ0n) is 23.5. The fraction of sp³-hybridized carbons (Fsp3) is 0.0588. The van der Waals surface area contributed by atoms with Crippen LogP contribution in [0.4, 0.5) is 11.4 Å². The SMILES string of the molecule is Nc1cccc2ccccc12.OB(O)c1ccccc1CBr.OB(O)c1ccccc1CNc1cccc2ccccc12. The van der Waals surface area contributed by atoms with Crippen molar-refractivity contribution >= 4 is 74.0 Å². The lowest BCUT2D eigenvalue weighted by Gasteiger charge is -2.12. The van der Waals surface area contributed by atoms with Crippen LogP contribution in [0.15, 0.2) is 133 Å². The normalized spacial score (nSPS) is 10.3. The summed E-state index contributed by atoms with van der Waals surface area (Å²) in [6.07, 6.45) is 0. The van der Waals surface area contributed by atoms with E-state index in [2.05, 4.69) is 51.6 Å². The molecule has 216 valence electrons. The summed E-state index contributed by atoms with van der Waals surface area (Å²) in [4.78, 5) is 0. The summed E-state index contributed by atoms with van der Waals surface area (Å²) in [7, 11) is -2.82. The fourth-order valence-electron chi connectivity index (χ4n) is 4.68. The average Bonchev–Trinajstić information content (AvgIpc) is 3.04. The number of rotatable bonds is 6. The van der Waals surface area contributed by atoms with E-state index in [-0.39, 0.29) is 0 Å². The molecule has 6 rings (SSSR count). The third-order valence-corrected chi connectivity index (χ3v) is 7.50. The van der Waals surface area contributed by atoms with Gasteiger partial charge >= 0.3 is 14.2 Å². The lowest BCUT2D eigenvalue weighted by molar-refractivity contribution is 0.424. The third-order valence-electron chi connectivity index (χ3n) is 6.89. The van der Waals surface area contributed by atoms with Crippen LogP contribution in [0.25, 0.3) is 21.5 Å². The minimum absolute atomic E-state index is 0.533. The van der Waals surface area contributed by atoms with Crippen LogP contribution in [0.2, 0.25) is 0 Å². The zero-order chi connectivity index (χ0) is 30.6. The maximum atomic E-state index is 9.40. The predicted octanol–water partition coefficient (Wildman–Crippen LogP) is 4.82. The van der Waals surface area contributed by atoms with Gasteiger partial charge in [0.25, 0.3) is 0 Å². The fourth-order valence-corrected chi connectivity index (χ4v) is 5.19. The molecule has 0 saturated carbocycles. The Balaban J connectivity index is 0.000000162. The van der Waals surface area contributed by atoms with Gasteiger partial charge in [-0.15, -0.1) is 0 Å². The zero-order valence-corrected chi connectivity index (χ0v) is 25.1. The van der Waals surface area contributed by atoms with Crippen LogP contribution < -0.4 is 22.0 Å². The summed E-state index contributed by atoms with van der Waals surface area (Å²) in [6.45, 7) is 0.543. The highest BCUT2D eigenvalue weighted by Gasteiger charge is 2.15. The molecule has 0 spiro atoms. The van der Waals surface area contributed by atoms with Crippen LogP contribution in [0.5, 0.6) is 0 Å². The number of halogens is 1. The minimum Gasteiger partial charge on any atom is -0.423 e. The van der Waals surface area contributed by atoms with E-state index in [1.807, 2.05) is 78.9 Å². The van der Waals surface area contributed by atoms with Crippen molar-refractivity contribution in [2.45, 2.75) is 11.9 Å². The van der Waals surface area contributed by atoms with Gasteiger partial charge in [0.1, 0.15) is 0 Å². The van der Waals surface area contributed by atoms with Crippen LogP contribution >= 0.6 is 15.9 Å². The molecule has 0 heterocycles. The van der Waals surface area contributed by atoms with E-state index in [4.69, 9.17) is 15.8 Å². The Morgan fingerprint density at radius 3 is 1.58 bits per heavy atom. The number of alkyl halides is 1. The van der Waals surface area contributed by atoms with Gasteiger partial charge in [-0.1, -0.05) is 137 Å². The molecule has 0 saturated heterocycles. The van der Waals surface area contributed by atoms with E-state index >= 15 is 0 Å². The number of nitrogens with two attached hydrogens (primary N) is 1. The van der Waals surface area contributed by atoms with Crippen LogP contribution in [-0.2, 0) is 11.9 Å². The molecule has 0 unspecified atom stereocenters. The Hall–Kier alpha value is -4.11. The van der Waals surface area contributed by atoms with E-state index in [0.29, 0.717) is 22.8 Å². The van der Waals surface area contributed by atoms with Gasteiger partial charge in [-0.05, 0) is 45.0 Å². The van der Waals surface area contributed by atoms with Crippen molar-refractivity contribution in [1.82, 2.24) is 0 Å². The van der Waals surface area contributed by atoms with Crippen molar-refractivity contribution in [1.29, 1.82) is 0 Å². The van der Waals surface area contributed by atoms with Gasteiger partial charge in [-0.3, -0.25) is 0 Å². The first-order chi connectivity index (χ1) is 20.9. The maximum absolute atomic E-state index is 9.40. The van der Waals surface area contributed by atoms with Gasteiger partial charge in [0.2, 0.25) is 0 Å². The molecular weight excluding hydrogens is 602 g/mol. The molecule has 6 aromatic rings. The molecule has 6 aromatic carbocycles. The lowest BCUT2D eigenvalue weighted by atomic mass is 9.77. The molecule has 0 atom stereocenters. The van der Waals surface area contributed by atoms with E-state index in [0.717, 1.165) is 33.3 Å². The number of fused-ring (bicyclic) bond motifs is 2. The second kappa shape index (κ2) is 15.9. The highest BCUT2D eigenvalue weighted by molar-refractivity contribution is 9.08. The first kappa shape index (κ1) is 31.8. The van der Waals surface area contributed by atoms with E-state index in [9.17, 15) is 10.0 Å². The third kappa shape index (κ3) is 8.70. The number of nitrogen functional groups attached to an aromatic ring is 1. The van der Waals surface area contributed by atoms with Gasteiger partial charge in [-0.25, -0.2) is 0 Å². The highest BCUT2D eigenvalue weighted by atomic mass is 79.9. The van der Waals surface area contributed by atoms with Crippen LogP contribution in [0.1, 0.15) is 11.1 Å². The number of hydrogen-bond donors (Lipinski definition) is 6. The number of nitrogens with one attached hydrogen (secondary N) is 1. The summed E-state index contributed by atoms with van der Waals surface area (Å²) >= 11 is 3.25. The largest absolute Gasteiger partial charge is 0.488 e. The lowest BCUT2D eigenvalue weighted by Crippen LogP contribution is -2.33. The molecule has 0 aliphatic rings. The molecule has 9 heteroatoms. The standard InChI is InChI=1S/C17H16BNO2.C10H9N.C7H8BBrO2/c20-18(21)16-10-4-2-7-14(16)12-19-17-11-5-8-13-6-1-3-9-15(13)17;11-10-7-3-5-8-4-1-2-6-9(8)10;9-5-6-3-1-2-4-7(6)8(10)11/h1-11,19-21H,12H2;1-7H,11H2;1-4,10-11H,5H2. The van der Waals surface area contributed by atoms with Gasteiger partial charge in [0, 0.05) is 34.0 Å². The highest BCUT2D eigenvalue weighted by Crippen LogP contribution is 2.23. The molecule has 0 amide bonds. The summed E-state index contributed by atoms with van der Waals surface area (Å²) in [5.74, 6) is 0. The second-order valence-electron chi connectivity index (χ2n) is 9.73. The van der Waals surface area contributed by atoms with Crippen molar-refractivity contribution in [3.05, 3.63) is 145 Å². The molecule has 7 N–H and O–H groups in total. The molecular formula is C34H33B2BrN2O4. The Morgan fingerprint density at radius 2 is 1.00 bits per heavy atom. The maximum Gasteiger partial charge on any atom is 0.488 e. The van der Waals surface area contributed by atoms with Gasteiger partial charge in [0.15, 0.2) is 0 Å². The number of hydrogen-bond acceptors (Lipinski definition) is 6. The van der Waals surface area contributed by atoms with E-state index in [1.54, 1.807) is 24.3 Å². The van der Waals surface area contributed by atoms with E-state index in [1.165, 1.54) is 10.8 Å². The first-order valence-corrected chi connectivity index (χ1v) is 14.9. The average molecular weight is 635 g/mol. The van der Waals surface area contributed by atoms with Crippen molar-refractivity contribution < 1.29 is 20.1 Å². The van der Waals surface area contributed by atoms with Crippen molar-refractivity contribution in [3.63, 3.8) is 0 Å². The molecule has 0 bridgehead atoms. The van der Waals surface area contributed by atoms with Crippen molar-refractivity contribution in [2.24, 2.45) is 0 Å². The van der Waals surface area contributed by atoms with E-state index < -0.39 is 14.2 Å². The first-order valence-electron chi connectivity index (χ1n) is 13.8. The monoisotopic (exact) mass is 634 g/mol. The Labute approximate surface area is 260 Å². The summed E-state index contributed by atoms with van der Waals surface area (Å²) in [6, 6.07) is 42.9. The molecule has 0 aromatic heterocycles. The number of anilines is 2. The van der Waals surface area contributed by atoms with Crippen LogP contribution in [0.3, 0.4) is 0 Å². The number of benzene rings is 6. The molecule has 0 fully saturated rings. The van der Waals surface area contributed by atoms with Gasteiger partial charge in [-0.2, -0.15) is 0 Å². The van der Waals surface area contributed by atoms with Gasteiger partial charge in [0.05, 0.1) is 0 Å². The molecule has 0 aliphatic heterocycles. The van der Waals surface area contributed by atoms with Crippen molar-refractivity contribution in [2.75, 3.05) is 11.1 Å². The van der Waals surface area contributed by atoms with Crippen LogP contribution in [0, 0.1) is 0 Å². The van der Waals surface area contributed by atoms with Crippen molar-refractivity contribution in [3.8, 4) is 0 Å².